The summed E-state index contributed by atoms with van der Waals surface area (Å²) >= 11 is 5.38. The highest BCUT2D eigenvalue weighted by Crippen LogP contribution is 2.26. The summed E-state index contributed by atoms with van der Waals surface area (Å²) in [5, 5.41) is 3.49. The predicted molar refractivity (Wildman–Crippen MR) is 94.5 cm³/mol. The van der Waals surface area contributed by atoms with Gasteiger partial charge in [-0.25, -0.2) is 0 Å². The molecule has 1 aromatic carbocycles. The Balaban J connectivity index is 2.04. The lowest BCUT2D eigenvalue weighted by atomic mass is 9.95. The largest absolute Gasteiger partial charge is 0.497 e. The number of benzene rings is 1. The summed E-state index contributed by atoms with van der Waals surface area (Å²) in [4.78, 5) is 1.44. The lowest BCUT2D eigenvalue weighted by Gasteiger charge is -2.17. The normalized spacial score (nSPS) is 12.3. The van der Waals surface area contributed by atoms with Crippen molar-refractivity contribution in [3.63, 3.8) is 0 Å². The molecular weight excluding hydrogens is 346 g/mol. The summed E-state index contributed by atoms with van der Waals surface area (Å²) in [6.07, 6.45) is 2.18. The summed E-state index contributed by atoms with van der Waals surface area (Å²) in [5.41, 5.74) is 1.34. The van der Waals surface area contributed by atoms with Gasteiger partial charge in [0.1, 0.15) is 5.75 Å². The monoisotopic (exact) mass is 367 g/mol. The maximum absolute atomic E-state index is 5.32. The van der Waals surface area contributed by atoms with Crippen LogP contribution in [0.15, 0.2) is 40.2 Å². The molecule has 2 nitrogen and oxygen atoms in total. The summed E-state index contributed by atoms with van der Waals surface area (Å²) in [5.74, 6) is 1.54. The van der Waals surface area contributed by atoms with E-state index in [2.05, 4.69) is 58.5 Å². The Hall–Kier alpha value is -0.840. The smallest absolute Gasteiger partial charge is 0.119 e. The molecule has 0 saturated heterocycles. The van der Waals surface area contributed by atoms with E-state index in [1.807, 2.05) is 17.4 Å². The average Bonchev–Trinajstić information content (AvgIpc) is 2.90. The first kappa shape index (κ1) is 16.5. The van der Waals surface area contributed by atoms with Gasteiger partial charge in [-0.15, -0.1) is 11.3 Å². The molecule has 1 aromatic heterocycles. The minimum absolute atomic E-state index is 0.600. The molecule has 4 heteroatoms. The van der Waals surface area contributed by atoms with Crippen molar-refractivity contribution in [2.24, 2.45) is 5.92 Å². The van der Waals surface area contributed by atoms with Crippen LogP contribution in [-0.4, -0.2) is 20.2 Å². The molecule has 1 heterocycles. The van der Waals surface area contributed by atoms with Gasteiger partial charge >= 0.3 is 0 Å². The molecule has 0 radical (unpaired) electrons. The molecule has 2 aromatic rings. The van der Waals surface area contributed by atoms with Crippen molar-refractivity contribution in [3.8, 4) is 5.75 Å². The van der Waals surface area contributed by atoms with Crippen molar-refractivity contribution in [1.82, 2.24) is 5.32 Å². The summed E-state index contributed by atoms with van der Waals surface area (Å²) in [6, 6.07) is 12.8. The van der Waals surface area contributed by atoms with Crippen LogP contribution in [0.25, 0.3) is 0 Å². The minimum atomic E-state index is 0.600. The van der Waals surface area contributed by atoms with Crippen molar-refractivity contribution < 1.29 is 4.74 Å². The van der Waals surface area contributed by atoms with E-state index in [4.69, 9.17) is 4.74 Å². The second-order valence-electron chi connectivity index (χ2n) is 5.14. The van der Waals surface area contributed by atoms with Crippen molar-refractivity contribution in [3.05, 3.63) is 50.6 Å². The standard InChI is InChI=1S/C17H22BrNOS/c1-3-19-12-14(11-16-7-8-17(18)21-16)9-13-5-4-6-15(10-13)20-2/h4-8,10,14,19H,3,9,11-12H2,1-2H3. The summed E-state index contributed by atoms with van der Waals surface area (Å²) in [6.45, 7) is 4.22. The third kappa shape index (κ3) is 5.46. The van der Waals surface area contributed by atoms with Gasteiger partial charge in [-0.1, -0.05) is 19.1 Å². The number of hydrogen-bond donors (Lipinski definition) is 1. The molecule has 0 amide bonds. The molecule has 0 aliphatic carbocycles. The molecular formula is C17H22BrNOS. The zero-order valence-corrected chi connectivity index (χ0v) is 15.0. The third-order valence-corrected chi connectivity index (χ3v) is 5.11. The number of ether oxygens (including phenoxy) is 1. The highest BCUT2D eigenvalue weighted by Gasteiger charge is 2.12. The van der Waals surface area contributed by atoms with Crippen LogP contribution in [0.1, 0.15) is 17.4 Å². The van der Waals surface area contributed by atoms with Crippen LogP contribution in [0.5, 0.6) is 5.75 Å². The fourth-order valence-electron chi connectivity index (χ4n) is 2.44. The first-order valence-corrected chi connectivity index (χ1v) is 8.90. The van der Waals surface area contributed by atoms with E-state index in [-0.39, 0.29) is 0 Å². The number of nitrogens with one attached hydrogen (secondary N) is 1. The molecule has 1 atom stereocenters. The second kappa shape index (κ2) is 8.57. The van der Waals surface area contributed by atoms with E-state index < -0.39 is 0 Å². The van der Waals surface area contributed by atoms with E-state index >= 15 is 0 Å². The van der Waals surface area contributed by atoms with Gasteiger partial charge in [0.25, 0.3) is 0 Å². The predicted octanol–water partition coefficient (Wildman–Crippen LogP) is 4.53. The molecule has 1 unspecified atom stereocenters. The zero-order chi connectivity index (χ0) is 15.1. The van der Waals surface area contributed by atoms with Gasteiger partial charge in [0.15, 0.2) is 0 Å². The van der Waals surface area contributed by atoms with Crippen LogP contribution in [0, 0.1) is 5.92 Å². The van der Waals surface area contributed by atoms with Crippen LogP contribution in [0.3, 0.4) is 0 Å². The van der Waals surface area contributed by atoms with Gasteiger partial charge in [0.05, 0.1) is 10.9 Å². The molecule has 0 spiro atoms. The molecule has 2 rings (SSSR count). The zero-order valence-electron chi connectivity index (χ0n) is 12.6. The summed E-state index contributed by atoms with van der Waals surface area (Å²) in [7, 11) is 1.72. The van der Waals surface area contributed by atoms with Crippen LogP contribution >= 0.6 is 27.3 Å². The number of rotatable bonds is 8. The van der Waals surface area contributed by atoms with Crippen LogP contribution in [0.4, 0.5) is 0 Å². The Bertz CT molecular complexity index is 555. The Morgan fingerprint density at radius 1 is 1.24 bits per heavy atom. The van der Waals surface area contributed by atoms with Gasteiger partial charge in [0, 0.05) is 4.88 Å². The number of halogens is 1. The lowest BCUT2D eigenvalue weighted by Crippen LogP contribution is -2.25. The molecule has 0 aliphatic rings. The van der Waals surface area contributed by atoms with E-state index in [1.54, 1.807) is 7.11 Å². The third-order valence-electron chi connectivity index (χ3n) is 3.46. The van der Waals surface area contributed by atoms with E-state index in [0.29, 0.717) is 5.92 Å². The fourth-order valence-corrected chi connectivity index (χ4v) is 4.04. The lowest BCUT2D eigenvalue weighted by molar-refractivity contribution is 0.413. The van der Waals surface area contributed by atoms with Crippen LogP contribution in [-0.2, 0) is 12.8 Å². The highest BCUT2D eigenvalue weighted by atomic mass is 79.9. The average molecular weight is 368 g/mol. The maximum Gasteiger partial charge on any atom is 0.119 e. The van der Waals surface area contributed by atoms with E-state index in [9.17, 15) is 0 Å². The Morgan fingerprint density at radius 3 is 2.76 bits per heavy atom. The number of thiophene rings is 1. The fraction of sp³-hybridized carbons (Fsp3) is 0.412. The van der Waals surface area contributed by atoms with Crippen LogP contribution < -0.4 is 10.1 Å². The highest BCUT2D eigenvalue weighted by molar-refractivity contribution is 9.11. The summed E-state index contributed by atoms with van der Waals surface area (Å²) < 4.78 is 6.53. The topological polar surface area (TPSA) is 21.3 Å². The second-order valence-corrected chi connectivity index (χ2v) is 7.69. The Morgan fingerprint density at radius 2 is 2.10 bits per heavy atom. The first-order chi connectivity index (χ1) is 10.2. The SMILES string of the molecule is CCNCC(Cc1cccc(OC)c1)Cc1ccc(Br)s1. The van der Waals surface area contributed by atoms with Gasteiger partial charge in [-0.2, -0.15) is 0 Å². The van der Waals surface area contributed by atoms with Gasteiger partial charge in [0.2, 0.25) is 0 Å². The van der Waals surface area contributed by atoms with Crippen LogP contribution in [0.2, 0.25) is 0 Å². The van der Waals surface area contributed by atoms with E-state index in [0.717, 1.165) is 31.7 Å². The van der Waals surface area contributed by atoms with Gasteiger partial charge < -0.3 is 10.1 Å². The Labute approximate surface area is 139 Å². The number of hydrogen-bond acceptors (Lipinski definition) is 3. The molecule has 0 aliphatic heterocycles. The molecule has 0 fully saturated rings. The number of methoxy groups -OCH3 is 1. The quantitative estimate of drug-likeness (QED) is 0.739. The van der Waals surface area contributed by atoms with E-state index in [1.165, 1.54) is 14.2 Å². The molecule has 1 N–H and O–H groups in total. The molecule has 0 bridgehead atoms. The van der Waals surface area contributed by atoms with Gasteiger partial charge in [-0.3, -0.25) is 0 Å². The van der Waals surface area contributed by atoms with Crippen molar-refractivity contribution in [2.75, 3.05) is 20.2 Å². The van der Waals surface area contributed by atoms with Gasteiger partial charge in [-0.05, 0) is 77.6 Å². The first-order valence-electron chi connectivity index (χ1n) is 7.29. The van der Waals surface area contributed by atoms with Crippen molar-refractivity contribution >= 4 is 27.3 Å². The van der Waals surface area contributed by atoms with Crippen molar-refractivity contribution in [1.29, 1.82) is 0 Å². The Kier molecular flexibility index (Phi) is 6.74. The molecule has 21 heavy (non-hydrogen) atoms. The minimum Gasteiger partial charge on any atom is -0.497 e. The molecule has 114 valence electrons. The maximum atomic E-state index is 5.32. The molecule has 0 saturated carbocycles. The van der Waals surface area contributed by atoms with Crippen molar-refractivity contribution in [2.45, 2.75) is 19.8 Å².